The number of ether oxygens (including phenoxy) is 1. The van der Waals surface area contributed by atoms with Crippen LogP contribution in [0.15, 0.2) is 18.3 Å². The maximum absolute atomic E-state index is 5.12. The molecule has 0 saturated carbocycles. The first kappa shape index (κ1) is 10.6. The van der Waals surface area contributed by atoms with E-state index in [2.05, 4.69) is 22.1 Å². The molecule has 0 aliphatic heterocycles. The predicted octanol–water partition coefficient (Wildman–Crippen LogP) is 1.05. The normalized spacial score (nSPS) is 9.00. The van der Waals surface area contributed by atoms with Gasteiger partial charge in [0.15, 0.2) is 11.4 Å². The highest BCUT2D eigenvalue weighted by atomic mass is 16.5. The van der Waals surface area contributed by atoms with Crippen molar-refractivity contribution in [2.45, 2.75) is 6.92 Å². The molecule has 1 aromatic rings. The van der Waals surface area contributed by atoms with E-state index in [1.54, 1.807) is 13.3 Å². The zero-order valence-corrected chi connectivity index (χ0v) is 8.50. The van der Waals surface area contributed by atoms with Gasteiger partial charge in [0.05, 0.1) is 13.7 Å². The molecule has 0 aliphatic carbocycles. The minimum atomic E-state index is 0.677. The number of nitrogens with one attached hydrogen (secondary N) is 1. The summed E-state index contributed by atoms with van der Waals surface area (Å²) in [7, 11) is 1.62. The smallest absolute Gasteiger partial charge is 0.155 e. The summed E-state index contributed by atoms with van der Waals surface area (Å²) in [6.45, 7) is 3.65. The van der Waals surface area contributed by atoms with Gasteiger partial charge < -0.3 is 10.1 Å². The predicted molar refractivity (Wildman–Crippen MR) is 56.2 cm³/mol. The van der Waals surface area contributed by atoms with E-state index in [0.29, 0.717) is 12.2 Å². The molecule has 3 nitrogen and oxygen atoms in total. The average Bonchev–Trinajstić information content (AvgIpc) is 2.25. The van der Waals surface area contributed by atoms with Gasteiger partial charge in [0.2, 0.25) is 0 Å². The minimum absolute atomic E-state index is 0.677. The summed E-state index contributed by atoms with van der Waals surface area (Å²) in [5.74, 6) is 6.64. The first-order chi connectivity index (χ1) is 6.88. The third kappa shape index (κ3) is 3.08. The SMILES string of the molecule is CCNCC#Cc1ncccc1OC. The van der Waals surface area contributed by atoms with Gasteiger partial charge in [0, 0.05) is 6.20 Å². The number of rotatable bonds is 3. The molecule has 1 aromatic heterocycles. The van der Waals surface area contributed by atoms with Gasteiger partial charge in [0.25, 0.3) is 0 Å². The van der Waals surface area contributed by atoms with E-state index in [4.69, 9.17) is 4.74 Å². The van der Waals surface area contributed by atoms with Crippen molar-refractivity contribution >= 4 is 0 Å². The number of methoxy groups -OCH3 is 1. The molecule has 0 saturated heterocycles. The van der Waals surface area contributed by atoms with Crippen LogP contribution in [0.4, 0.5) is 0 Å². The second-order valence-electron chi connectivity index (χ2n) is 2.64. The van der Waals surface area contributed by atoms with Gasteiger partial charge in [-0.05, 0) is 24.6 Å². The molecule has 1 heterocycles. The summed E-state index contributed by atoms with van der Waals surface area (Å²) >= 11 is 0. The van der Waals surface area contributed by atoms with Gasteiger partial charge in [-0.2, -0.15) is 0 Å². The maximum Gasteiger partial charge on any atom is 0.155 e. The number of aromatic nitrogens is 1. The van der Waals surface area contributed by atoms with Crippen molar-refractivity contribution in [2.75, 3.05) is 20.2 Å². The molecule has 0 aliphatic rings. The fourth-order valence-electron chi connectivity index (χ4n) is 0.965. The molecule has 1 N–H and O–H groups in total. The molecule has 0 unspecified atom stereocenters. The van der Waals surface area contributed by atoms with Gasteiger partial charge in [-0.25, -0.2) is 4.98 Å². The first-order valence-electron chi connectivity index (χ1n) is 4.57. The lowest BCUT2D eigenvalue weighted by Crippen LogP contribution is -2.12. The van der Waals surface area contributed by atoms with E-state index in [0.717, 1.165) is 12.3 Å². The Morgan fingerprint density at radius 1 is 1.57 bits per heavy atom. The number of nitrogens with zero attached hydrogens (tertiary/aromatic N) is 1. The van der Waals surface area contributed by atoms with Crippen molar-refractivity contribution < 1.29 is 4.74 Å². The van der Waals surface area contributed by atoms with Crippen molar-refractivity contribution in [3.8, 4) is 17.6 Å². The third-order valence-corrected chi connectivity index (χ3v) is 1.66. The Morgan fingerprint density at radius 2 is 2.43 bits per heavy atom. The van der Waals surface area contributed by atoms with Crippen molar-refractivity contribution in [3.05, 3.63) is 24.0 Å². The minimum Gasteiger partial charge on any atom is -0.494 e. The summed E-state index contributed by atoms with van der Waals surface area (Å²) in [6.07, 6.45) is 1.71. The van der Waals surface area contributed by atoms with Crippen LogP contribution in [0.5, 0.6) is 5.75 Å². The second kappa shape index (κ2) is 6.01. The summed E-state index contributed by atoms with van der Waals surface area (Å²) in [6, 6.07) is 3.68. The van der Waals surface area contributed by atoms with Crippen LogP contribution in [0.2, 0.25) is 0 Å². The Hall–Kier alpha value is -1.53. The fourth-order valence-corrected chi connectivity index (χ4v) is 0.965. The molecule has 14 heavy (non-hydrogen) atoms. The van der Waals surface area contributed by atoms with Crippen LogP contribution in [0, 0.1) is 11.8 Å². The van der Waals surface area contributed by atoms with Crippen LogP contribution < -0.4 is 10.1 Å². The number of pyridine rings is 1. The highest BCUT2D eigenvalue weighted by Gasteiger charge is 1.97. The Morgan fingerprint density at radius 3 is 3.14 bits per heavy atom. The second-order valence-corrected chi connectivity index (χ2v) is 2.64. The molecule has 1 rings (SSSR count). The summed E-state index contributed by atoms with van der Waals surface area (Å²) in [4.78, 5) is 4.12. The van der Waals surface area contributed by atoms with Gasteiger partial charge in [0.1, 0.15) is 0 Å². The van der Waals surface area contributed by atoms with E-state index < -0.39 is 0 Å². The van der Waals surface area contributed by atoms with Crippen molar-refractivity contribution in [3.63, 3.8) is 0 Å². The first-order valence-corrected chi connectivity index (χ1v) is 4.57. The molecule has 0 fully saturated rings. The van der Waals surface area contributed by atoms with Gasteiger partial charge in [-0.1, -0.05) is 12.8 Å². The van der Waals surface area contributed by atoms with Crippen LogP contribution in [0.3, 0.4) is 0 Å². The lowest BCUT2D eigenvalue weighted by Gasteiger charge is -1.99. The van der Waals surface area contributed by atoms with Crippen LogP contribution in [-0.4, -0.2) is 25.2 Å². The molecule has 0 amide bonds. The van der Waals surface area contributed by atoms with Crippen LogP contribution in [0.25, 0.3) is 0 Å². The van der Waals surface area contributed by atoms with Crippen molar-refractivity contribution in [1.29, 1.82) is 0 Å². The van der Waals surface area contributed by atoms with Crippen LogP contribution >= 0.6 is 0 Å². The van der Waals surface area contributed by atoms with E-state index >= 15 is 0 Å². The Labute approximate surface area is 84.5 Å². The fraction of sp³-hybridized carbons (Fsp3) is 0.364. The largest absolute Gasteiger partial charge is 0.494 e. The third-order valence-electron chi connectivity index (χ3n) is 1.66. The Bertz CT molecular complexity index is 339. The van der Waals surface area contributed by atoms with Crippen molar-refractivity contribution in [2.24, 2.45) is 0 Å². The molecule has 0 spiro atoms. The topological polar surface area (TPSA) is 34.2 Å². The summed E-state index contributed by atoms with van der Waals surface area (Å²) in [5.41, 5.74) is 0.688. The standard InChI is InChI=1S/C11H14N2O/c1-3-12-8-4-6-10-11(14-2)7-5-9-13-10/h5,7,9,12H,3,8H2,1-2H3. The molecule has 3 heteroatoms. The lowest BCUT2D eigenvalue weighted by molar-refractivity contribution is 0.411. The van der Waals surface area contributed by atoms with E-state index in [9.17, 15) is 0 Å². The molecule has 0 atom stereocenters. The van der Waals surface area contributed by atoms with Crippen LogP contribution in [-0.2, 0) is 0 Å². The van der Waals surface area contributed by atoms with Crippen LogP contribution in [0.1, 0.15) is 12.6 Å². The zero-order valence-electron chi connectivity index (χ0n) is 8.50. The highest BCUT2D eigenvalue weighted by Crippen LogP contribution is 2.12. The Balaban J connectivity index is 2.68. The summed E-state index contributed by atoms with van der Waals surface area (Å²) in [5, 5.41) is 3.11. The molecule has 0 bridgehead atoms. The van der Waals surface area contributed by atoms with Gasteiger partial charge >= 0.3 is 0 Å². The Kier molecular flexibility index (Phi) is 4.53. The average molecular weight is 190 g/mol. The van der Waals surface area contributed by atoms with Gasteiger partial charge in [-0.3, -0.25) is 0 Å². The zero-order chi connectivity index (χ0) is 10.2. The molecular weight excluding hydrogens is 176 g/mol. The highest BCUT2D eigenvalue weighted by molar-refractivity contribution is 5.40. The van der Waals surface area contributed by atoms with Crippen molar-refractivity contribution in [1.82, 2.24) is 10.3 Å². The quantitative estimate of drug-likeness (QED) is 0.571. The molecule has 0 aromatic carbocycles. The molecular formula is C11H14N2O. The number of hydrogen-bond acceptors (Lipinski definition) is 3. The van der Waals surface area contributed by atoms with E-state index in [-0.39, 0.29) is 0 Å². The summed E-state index contributed by atoms with van der Waals surface area (Å²) < 4.78 is 5.12. The lowest BCUT2D eigenvalue weighted by atomic mass is 10.3. The van der Waals surface area contributed by atoms with E-state index in [1.807, 2.05) is 19.1 Å². The number of hydrogen-bond donors (Lipinski definition) is 1. The molecule has 0 radical (unpaired) electrons. The molecule has 74 valence electrons. The monoisotopic (exact) mass is 190 g/mol. The maximum atomic E-state index is 5.12. The van der Waals surface area contributed by atoms with Gasteiger partial charge in [-0.15, -0.1) is 0 Å². The van der Waals surface area contributed by atoms with E-state index in [1.165, 1.54) is 0 Å².